The fourth-order valence-electron chi connectivity index (χ4n) is 1.70. The summed E-state index contributed by atoms with van der Waals surface area (Å²) in [6.45, 7) is 3.42. The molecule has 0 saturated carbocycles. The number of carboxylic acids is 1. The first-order valence-corrected chi connectivity index (χ1v) is 5.91. The minimum atomic E-state index is -1.08. The van der Waals surface area contributed by atoms with Gasteiger partial charge in [-0.05, 0) is 37.1 Å². The van der Waals surface area contributed by atoms with Crippen LogP contribution in [0.15, 0.2) is 12.1 Å². The van der Waals surface area contributed by atoms with Gasteiger partial charge in [0.2, 0.25) is 11.8 Å². The van der Waals surface area contributed by atoms with E-state index >= 15 is 0 Å². The van der Waals surface area contributed by atoms with Gasteiger partial charge >= 0.3 is 5.97 Å². The summed E-state index contributed by atoms with van der Waals surface area (Å²) in [6, 6.07) is 1.92. The Kier molecular flexibility index (Phi) is 4.82. The van der Waals surface area contributed by atoms with Crippen molar-refractivity contribution in [3.63, 3.8) is 0 Å². The number of primary amides is 1. The lowest BCUT2D eigenvalue weighted by Gasteiger charge is -2.13. The van der Waals surface area contributed by atoms with Crippen molar-refractivity contribution in [2.24, 2.45) is 11.5 Å². The van der Waals surface area contributed by atoms with E-state index in [0.717, 1.165) is 5.56 Å². The van der Waals surface area contributed by atoms with E-state index in [1.165, 1.54) is 6.07 Å². The number of aromatic carboxylic acids is 1. The van der Waals surface area contributed by atoms with Crippen LogP contribution in [0.4, 0.5) is 5.69 Å². The van der Waals surface area contributed by atoms with Crippen LogP contribution in [0.1, 0.15) is 27.9 Å². The van der Waals surface area contributed by atoms with Crippen molar-refractivity contribution in [1.29, 1.82) is 0 Å². The molecule has 7 heteroatoms. The predicted molar refractivity (Wildman–Crippen MR) is 73.3 cm³/mol. The number of rotatable bonds is 5. The van der Waals surface area contributed by atoms with E-state index in [1.54, 1.807) is 19.9 Å². The molecule has 0 aliphatic rings. The molecule has 108 valence electrons. The number of carbonyl (C=O) groups excluding carboxylic acids is 2. The number of amides is 2. The van der Waals surface area contributed by atoms with Crippen LogP contribution < -0.4 is 16.8 Å². The standard InChI is InChI=1S/C13H17N3O4/c1-6-3-8(4-9(7(6)2)13(19)20)16-12(18)10(14)5-11(15)17/h3-4,10H,5,14H2,1-2H3,(H2,15,17)(H,16,18)(H,19,20). The summed E-state index contributed by atoms with van der Waals surface area (Å²) in [6.07, 6.45) is -0.275. The van der Waals surface area contributed by atoms with Crippen molar-refractivity contribution in [2.75, 3.05) is 5.32 Å². The molecule has 0 spiro atoms. The summed E-state index contributed by atoms with van der Waals surface area (Å²) in [5.74, 6) is -2.36. The van der Waals surface area contributed by atoms with Gasteiger partial charge in [0, 0.05) is 5.69 Å². The Balaban J connectivity index is 2.96. The zero-order chi connectivity index (χ0) is 15.4. The van der Waals surface area contributed by atoms with E-state index in [-0.39, 0.29) is 12.0 Å². The second-order valence-corrected chi connectivity index (χ2v) is 4.54. The van der Waals surface area contributed by atoms with E-state index in [2.05, 4.69) is 5.32 Å². The van der Waals surface area contributed by atoms with Gasteiger partial charge in [-0.15, -0.1) is 0 Å². The molecule has 0 aromatic heterocycles. The lowest BCUT2D eigenvalue weighted by atomic mass is 10.0. The lowest BCUT2D eigenvalue weighted by molar-refractivity contribution is -0.123. The number of carbonyl (C=O) groups is 3. The number of carboxylic acid groups (broad SMARTS) is 1. The smallest absolute Gasteiger partial charge is 0.336 e. The van der Waals surface area contributed by atoms with Gasteiger partial charge in [-0.2, -0.15) is 0 Å². The van der Waals surface area contributed by atoms with Gasteiger partial charge in [-0.25, -0.2) is 4.79 Å². The first kappa shape index (κ1) is 15.6. The van der Waals surface area contributed by atoms with Crippen molar-refractivity contribution >= 4 is 23.5 Å². The largest absolute Gasteiger partial charge is 0.478 e. The van der Waals surface area contributed by atoms with Gasteiger partial charge < -0.3 is 21.9 Å². The third kappa shape index (κ3) is 3.79. The molecule has 0 heterocycles. The van der Waals surface area contributed by atoms with E-state index in [4.69, 9.17) is 16.6 Å². The number of nitrogens with two attached hydrogens (primary N) is 2. The Bertz CT molecular complexity index is 569. The first-order valence-electron chi connectivity index (χ1n) is 5.91. The van der Waals surface area contributed by atoms with Crippen molar-refractivity contribution in [3.8, 4) is 0 Å². The van der Waals surface area contributed by atoms with E-state index in [0.29, 0.717) is 11.3 Å². The Morgan fingerprint density at radius 2 is 1.90 bits per heavy atom. The lowest BCUT2D eigenvalue weighted by Crippen LogP contribution is -2.39. The molecule has 1 atom stereocenters. The van der Waals surface area contributed by atoms with Crippen molar-refractivity contribution < 1.29 is 19.5 Å². The summed E-state index contributed by atoms with van der Waals surface area (Å²) in [5, 5.41) is 11.6. The van der Waals surface area contributed by atoms with E-state index < -0.39 is 23.8 Å². The minimum Gasteiger partial charge on any atom is -0.478 e. The summed E-state index contributed by atoms with van der Waals surface area (Å²) < 4.78 is 0. The number of hydrogen-bond donors (Lipinski definition) is 4. The molecule has 0 saturated heterocycles. The number of hydrogen-bond acceptors (Lipinski definition) is 4. The predicted octanol–water partition coefficient (Wildman–Crippen LogP) is 0.143. The van der Waals surface area contributed by atoms with Crippen LogP contribution in [-0.4, -0.2) is 28.9 Å². The van der Waals surface area contributed by atoms with Gasteiger partial charge in [0.05, 0.1) is 18.0 Å². The molecule has 7 nitrogen and oxygen atoms in total. The highest BCUT2D eigenvalue weighted by Crippen LogP contribution is 2.20. The Labute approximate surface area is 115 Å². The third-order valence-electron chi connectivity index (χ3n) is 2.92. The number of anilines is 1. The van der Waals surface area contributed by atoms with Crippen LogP contribution in [0, 0.1) is 13.8 Å². The third-order valence-corrected chi connectivity index (χ3v) is 2.92. The SMILES string of the molecule is Cc1cc(NC(=O)C(N)CC(N)=O)cc(C(=O)O)c1C. The van der Waals surface area contributed by atoms with Crippen molar-refractivity contribution in [1.82, 2.24) is 0 Å². The number of benzene rings is 1. The highest BCUT2D eigenvalue weighted by atomic mass is 16.4. The minimum absolute atomic E-state index is 0.101. The molecule has 0 radical (unpaired) electrons. The van der Waals surface area contributed by atoms with Crippen molar-refractivity contribution in [3.05, 3.63) is 28.8 Å². The van der Waals surface area contributed by atoms with Crippen LogP contribution in [0.5, 0.6) is 0 Å². The van der Waals surface area contributed by atoms with Gasteiger partial charge in [0.1, 0.15) is 0 Å². The van der Waals surface area contributed by atoms with E-state index in [9.17, 15) is 14.4 Å². The maximum absolute atomic E-state index is 11.7. The second-order valence-electron chi connectivity index (χ2n) is 4.54. The van der Waals surface area contributed by atoms with Gasteiger partial charge in [0.15, 0.2) is 0 Å². The second kappa shape index (κ2) is 6.16. The van der Waals surface area contributed by atoms with Crippen LogP contribution in [0.3, 0.4) is 0 Å². The Morgan fingerprint density at radius 1 is 1.30 bits per heavy atom. The molecule has 1 unspecified atom stereocenters. The molecular weight excluding hydrogens is 262 g/mol. The summed E-state index contributed by atoms with van der Waals surface area (Å²) in [7, 11) is 0. The molecule has 1 aromatic rings. The van der Waals surface area contributed by atoms with Crippen LogP contribution in [0.25, 0.3) is 0 Å². The molecule has 0 aliphatic carbocycles. The molecule has 20 heavy (non-hydrogen) atoms. The molecule has 0 aliphatic heterocycles. The van der Waals surface area contributed by atoms with Gasteiger partial charge in [-0.1, -0.05) is 0 Å². The first-order chi connectivity index (χ1) is 9.22. The fraction of sp³-hybridized carbons (Fsp3) is 0.308. The van der Waals surface area contributed by atoms with Crippen LogP contribution in [0.2, 0.25) is 0 Å². The Hall–Kier alpha value is -2.41. The number of nitrogens with one attached hydrogen (secondary N) is 1. The maximum atomic E-state index is 11.7. The van der Waals surface area contributed by atoms with Gasteiger partial charge in [-0.3, -0.25) is 9.59 Å². The molecule has 0 bridgehead atoms. The Morgan fingerprint density at radius 3 is 2.40 bits per heavy atom. The average molecular weight is 279 g/mol. The van der Waals surface area contributed by atoms with Crippen LogP contribution >= 0.6 is 0 Å². The zero-order valence-electron chi connectivity index (χ0n) is 11.3. The number of aryl methyl sites for hydroxylation is 1. The molecule has 2 amide bonds. The molecule has 6 N–H and O–H groups in total. The highest BCUT2D eigenvalue weighted by Gasteiger charge is 2.17. The molecule has 1 aromatic carbocycles. The fourth-order valence-corrected chi connectivity index (χ4v) is 1.70. The summed E-state index contributed by atoms with van der Waals surface area (Å²) in [5.41, 5.74) is 12.2. The summed E-state index contributed by atoms with van der Waals surface area (Å²) >= 11 is 0. The average Bonchev–Trinajstić information content (AvgIpc) is 2.32. The van der Waals surface area contributed by atoms with Gasteiger partial charge in [0.25, 0.3) is 0 Å². The normalized spacial score (nSPS) is 11.8. The van der Waals surface area contributed by atoms with Crippen molar-refractivity contribution in [2.45, 2.75) is 26.3 Å². The maximum Gasteiger partial charge on any atom is 0.336 e. The molecular formula is C13H17N3O4. The monoisotopic (exact) mass is 279 g/mol. The summed E-state index contributed by atoms with van der Waals surface area (Å²) in [4.78, 5) is 33.5. The molecule has 1 rings (SSSR count). The molecule has 0 fully saturated rings. The zero-order valence-corrected chi connectivity index (χ0v) is 11.3. The van der Waals surface area contributed by atoms with E-state index in [1.807, 2.05) is 0 Å². The topological polar surface area (TPSA) is 136 Å². The van der Waals surface area contributed by atoms with Crippen LogP contribution in [-0.2, 0) is 9.59 Å². The highest BCUT2D eigenvalue weighted by molar-refractivity contribution is 5.99. The quantitative estimate of drug-likeness (QED) is 0.608.